The van der Waals surface area contributed by atoms with Gasteiger partial charge in [0.1, 0.15) is 24.1 Å². The number of hydrogen-bond acceptors (Lipinski definition) is 5. The zero-order chi connectivity index (χ0) is 33.4. The van der Waals surface area contributed by atoms with Crippen LogP contribution in [0.25, 0.3) is 0 Å². The Morgan fingerprint density at radius 2 is 1.33 bits per heavy atom. The number of nitrogens with zero attached hydrogens (tertiary/aromatic N) is 1. The van der Waals surface area contributed by atoms with Crippen LogP contribution in [0.1, 0.15) is 140 Å². The first-order chi connectivity index (χ1) is 22.4. The molecule has 8 heteroatoms. The number of aldehydes is 1. The lowest BCUT2D eigenvalue weighted by molar-refractivity contribution is -0.142. The first-order valence-electron chi connectivity index (χ1n) is 17.9. The minimum atomic E-state index is -1.26. The molecule has 1 heterocycles. The van der Waals surface area contributed by atoms with E-state index in [9.17, 15) is 24.3 Å². The number of aliphatic carboxylic acids is 1. The molecule has 0 radical (unpaired) electrons. The van der Waals surface area contributed by atoms with Gasteiger partial charge in [0.2, 0.25) is 5.91 Å². The molecule has 0 fully saturated rings. The molecule has 46 heavy (non-hydrogen) atoms. The number of aryl methyl sites for hydroxylation is 2. The van der Waals surface area contributed by atoms with Gasteiger partial charge >= 0.3 is 5.97 Å². The zero-order valence-corrected chi connectivity index (χ0v) is 28.4. The summed E-state index contributed by atoms with van der Waals surface area (Å²) in [6, 6.07) is 10.4. The van der Waals surface area contributed by atoms with Gasteiger partial charge in [0.25, 0.3) is 5.56 Å². The van der Waals surface area contributed by atoms with Crippen molar-refractivity contribution in [1.29, 1.82) is 0 Å². The molecular weight excluding hydrogens is 578 g/mol. The third kappa shape index (κ3) is 14.9. The summed E-state index contributed by atoms with van der Waals surface area (Å²) < 4.78 is 1.27. The lowest BCUT2D eigenvalue weighted by atomic mass is 10.0. The number of hydrogen-bond donors (Lipinski definition) is 3. The molecule has 0 spiro atoms. The fraction of sp³-hybridized carbons (Fsp3) is 0.632. The SMILES string of the molecule is CCCCCCCCCCCCCCCCNC(C(=O)O)C(C=O)n1c(CCCC)ccc(NC(=O)CCc2ccccc2)c1=O. The number of unbranched alkanes of at least 4 members (excludes halogenated alkanes) is 14. The monoisotopic (exact) mass is 637 g/mol. The Bertz CT molecular complexity index is 1200. The zero-order valence-electron chi connectivity index (χ0n) is 28.4. The number of aromatic nitrogens is 1. The molecule has 0 aliphatic carbocycles. The van der Waals surface area contributed by atoms with Crippen LogP contribution in [0.15, 0.2) is 47.3 Å². The molecule has 2 rings (SSSR count). The van der Waals surface area contributed by atoms with E-state index >= 15 is 0 Å². The number of pyridine rings is 1. The highest BCUT2D eigenvalue weighted by Crippen LogP contribution is 2.18. The Morgan fingerprint density at radius 3 is 1.87 bits per heavy atom. The van der Waals surface area contributed by atoms with Crippen LogP contribution >= 0.6 is 0 Å². The quantitative estimate of drug-likeness (QED) is 0.0674. The lowest BCUT2D eigenvalue weighted by Gasteiger charge is -2.26. The highest BCUT2D eigenvalue weighted by molar-refractivity contribution is 5.90. The molecule has 0 aliphatic rings. The number of carbonyl (C=O) groups excluding carboxylic acids is 2. The van der Waals surface area contributed by atoms with Crippen LogP contribution < -0.4 is 16.2 Å². The fourth-order valence-corrected chi connectivity index (χ4v) is 5.91. The second-order valence-electron chi connectivity index (χ2n) is 12.5. The average Bonchev–Trinajstić information content (AvgIpc) is 3.06. The number of benzene rings is 1. The van der Waals surface area contributed by atoms with Crippen LogP contribution in [0.4, 0.5) is 5.69 Å². The molecule has 1 aromatic carbocycles. The fourth-order valence-electron chi connectivity index (χ4n) is 5.91. The van der Waals surface area contributed by atoms with Crippen molar-refractivity contribution in [2.24, 2.45) is 0 Å². The molecule has 1 amide bonds. The first kappa shape index (κ1) is 38.9. The Kier molecular flexibility index (Phi) is 20.3. The maximum atomic E-state index is 13.7. The van der Waals surface area contributed by atoms with E-state index in [1.807, 2.05) is 37.3 Å². The molecule has 2 atom stereocenters. The molecule has 8 nitrogen and oxygen atoms in total. The molecular formula is C38H59N3O5. The average molecular weight is 638 g/mol. The number of carboxylic acids is 1. The second-order valence-corrected chi connectivity index (χ2v) is 12.5. The summed E-state index contributed by atoms with van der Waals surface area (Å²) in [5.74, 6) is -1.50. The van der Waals surface area contributed by atoms with E-state index in [0.717, 1.165) is 37.7 Å². The van der Waals surface area contributed by atoms with E-state index in [1.54, 1.807) is 12.1 Å². The minimum Gasteiger partial charge on any atom is -0.480 e. The largest absolute Gasteiger partial charge is 0.480 e. The van der Waals surface area contributed by atoms with Crippen molar-refractivity contribution in [3.63, 3.8) is 0 Å². The Balaban J connectivity index is 1.91. The van der Waals surface area contributed by atoms with Gasteiger partial charge in [-0.15, -0.1) is 0 Å². The van der Waals surface area contributed by atoms with Crippen LogP contribution in [0.5, 0.6) is 0 Å². The molecule has 0 saturated heterocycles. The van der Waals surface area contributed by atoms with E-state index in [-0.39, 0.29) is 18.0 Å². The summed E-state index contributed by atoms with van der Waals surface area (Å²) in [4.78, 5) is 51.2. The Hall–Kier alpha value is -3.26. The van der Waals surface area contributed by atoms with Crippen molar-refractivity contribution in [3.8, 4) is 0 Å². The van der Waals surface area contributed by atoms with Gasteiger partial charge in [-0.25, -0.2) is 0 Å². The van der Waals surface area contributed by atoms with E-state index in [2.05, 4.69) is 17.6 Å². The van der Waals surface area contributed by atoms with Gasteiger partial charge in [0.15, 0.2) is 0 Å². The maximum Gasteiger partial charge on any atom is 0.323 e. The van der Waals surface area contributed by atoms with Crippen LogP contribution in [0.3, 0.4) is 0 Å². The second kappa shape index (κ2) is 24.0. The molecule has 256 valence electrons. The highest BCUT2D eigenvalue weighted by atomic mass is 16.4. The van der Waals surface area contributed by atoms with E-state index in [1.165, 1.54) is 75.2 Å². The minimum absolute atomic E-state index is 0.0428. The topological polar surface area (TPSA) is 118 Å². The van der Waals surface area contributed by atoms with Crippen molar-refractivity contribution < 1.29 is 19.5 Å². The van der Waals surface area contributed by atoms with Crippen molar-refractivity contribution in [2.75, 3.05) is 11.9 Å². The lowest BCUT2D eigenvalue weighted by Crippen LogP contribution is -2.48. The smallest absolute Gasteiger partial charge is 0.323 e. The third-order valence-corrected chi connectivity index (χ3v) is 8.68. The number of amides is 1. The summed E-state index contributed by atoms with van der Waals surface area (Å²) in [5, 5.41) is 15.8. The molecule has 2 aromatic rings. The maximum absolute atomic E-state index is 13.7. The van der Waals surface area contributed by atoms with Crippen LogP contribution in [-0.4, -0.2) is 40.4 Å². The van der Waals surface area contributed by atoms with E-state index in [0.29, 0.717) is 31.4 Å². The first-order valence-corrected chi connectivity index (χ1v) is 17.9. The normalized spacial score (nSPS) is 12.5. The molecule has 1 aromatic heterocycles. The van der Waals surface area contributed by atoms with Gasteiger partial charge in [0, 0.05) is 12.1 Å². The van der Waals surface area contributed by atoms with Crippen molar-refractivity contribution >= 4 is 23.9 Å². The summed E-state index contributed by atoms with van der Waals surface area (Å²) >= 11 is 0. The van der Waals surface area contributed by atoms with Gasteiger partial charge < -0.3 is 20.5 Å². The van der Waals surface area contributed by atoms with Crippen LogP contribution in [0.2, 0.25) is 0 Å². The van der Waals surface area contributed by atoms with Gasteiger partial charge in [-0.05, 0) is 49.9 Å². The number of nitrogens with one attached hydrogen (secondary N) is 2. The van der Waals surface area contributed by atoms with Gasteiger partial charge in [0.05, 0.1) is 0 Å². The predicted molar refractivity (Wildman–Crippen MR) is 188 cm³/mol. The van der Waals surface area contributed by atoms with Gasteiger partial charge in [-0.1, -0.05) is 134 Å². The van der Waals surface area contributed by atoms with E-state index < -0.39 is 23.6 Å². The number of carbonyl (C=O) groups is 3. The van der Waals surface area contributed by atoms with Gasteiger partial charge in [-0.2, -0.15) is 0 Å². The number of rotatable bonds is 27. The summed E-state index contributed by atoms with van der Waals surface area (Å²) in [6.45, 7) is 4.72. The Labute approximate surface area is 276 Å². The Morgan fingerprint density at radius 1 is 0.761 bits per heavy atom. The molecule has 0 bridgehead atoms. The summed E-state index contributed by atoms with van der Waals surface area (Å²) in [6.07, 6.45) is 20.7. The summed E-state index contributed by atoms with van der Waals surface area (Å²) in [5.41, 5.74) is 1.07. The number of carboxylic acid groups (broad SMARTS) is 1. The van der Waals surface area contributed by atoms with Crippen molar-refractivity contribution in [2.45, 2.75) is 148 Å². The highest BCUT2D eigenvalue weighted by Gasteiger charge is 2.31. The predicted octanol–water partition coefficient (Wildman–Crippen LogP) is 8.03. The molecule has 0 saturated carbocycles. The standard InChI is InChI=1S/C38H59N3O5/c1-3-5-7-8-9-10-11-12-13-14-15-16-17-21-29-39-36(38(45)46)34(30-42)41-32(24-6-4-2)26-27-33(37(41)44)40-35(43)28-25-31-22-19-18-20-23-31/h18-20,22-23,26-27,30,34,36,39H,3-17,21,24-25,28-29H2,1-2H3,(H,40,43)(H,45,46). The van der Waals surface area contributed by atoms with Gasteiger partial charge in [-0.3, -0.25) is 19.0 Å². The van der Waals surface area contributed by atoms with Crippen molar-refractivity contribution in [1.82, 2.24) is 9.88 Å². The molecule has 2 unspecified atom stereocenters. The molecule has 0 aliphatic heterocycles. The molecule has 3 N–H and O–H groups in total. The van der Waals surface area contributed by atoms with Crippen molar-refractivity contribution in [3.05, 3.63) is 64.1 Å². The third-order valence-electron chi connectivity index (χ3n) is 8.68. The van der Waals surface area contributed by atoms with E-state index in [4.69, 9.17) is 0 Å². The summed E-state index contributed by atoms with van der Waals surface area (Å²) in [7, 11) is 0. The van der Waals surface area contributed by atoms with Crippen LogP contribution in [-0.2, 0) is 27.2 Å². The van der Waals surface area contributed by atoms with Crippen LogP contribution in [0, 0.1) is 0 Å². The number of anilines is 1.